The third-order valence-electron chi connectivity index (χ3n) is 3.81. The Hall–Kier alpha value is -1.39. The first-order chi connectivity index (χ1) is 9.31. The minimum Gasteiger partial charge on any atom is -0.342 e. The summed E-state index contributed by atoms with van der Waals surface area (Å²) in [6.07, 6.45) is 3.70. The fourth-order valence-electron chi connectivity index (χ4n) is 2.78. The maximum atomic E-state index is 4.42. The van der Waals surface area contributed by atoms with E-state index in [9.17, 15) is 0 Å². The van der Waals surface area contributed by atoms with Crippen LogP contribution in [0.3, 0.4) is 0 Å². The molecule has 1 aliphatic rings. The summed E-state index contributed by atoms with van der Waals surface area (Å²) < 4.78 is 0. The van der Waals surface area contributed by atoms with E-state index in [4.69, 9.17) is 0 Å². The zero-order valence-electron chi connectivity index (χ0n) is 11.5. The lowest BCUT2D eigenvalue weighted by atomic mass is 10.1. The number of H-pyrrole nitrogens is 1. The third-order valence-corrected chi connectivity index (χ3v) is 3.81. The molecule has 0 amide bonds. The molecular weight excluding hydrogens is 236 g/mol. The van der Waals surface area contributed by atoms with Crippen LogP contribution in [0.4, 0.5) is 0 Å². The molecule has 19 heavy (non-hydrogen) atoms. The first-order valence-electron chi connectivity index (χ1n) is 7.20. The molecule has 3 rings (SSSR count). The van der Waals surface area contributed by atoms with Crippen molar-refractivity contribution in [1.29, 1.82) is 0 Å². The van der Waals surface area contributed by atoms with Gasteiger partial charge in [-0.25, -0.2) is 4.98 Å². The Labute approximate surface area is 114 Å². The van der Waals surface area contributed by atoms with E-state index in [0.29, 0.717) is 6.04 Å². The van der Waals surface area contributed by atoms with Gasteiger partial charge in [-0.3, -0.25) is 0 Å². The van der Waals surface area contributed by atoms with Gasteiger partial charge in [0.25, 0.3) is 0 Å². The standard InChI is InChI=1S/C15H22N4/c1-11-18-14-5-4-12(9-15(14)19-11)6-8-16-10-13-3-2-7-17-13/h4-5,9,13,16-17H,2-3,6-8,10H2,1H3,(H,18,19). The first kappa shape index (κ1) is 12.6. The summed E-state index contributed by atoms with van der Waals surface area (Å²) in [7, 11) is 0. The van der Waals surface area contributed by atoms with Gasteiger partial charge in [0.2, 0.25) is 0 Å². The number of hydrogen-bond acceptors (Lipinski definition) is 3. The van der Waals surface area contributed by atoms with Crippen LogP contribution in [0.2, 0.25) is 0 Å². The molecule has 1 atom stereocenters. The van der Waals surface area contributed by atoms with Gasteiger partial charge in [-0.1, -0.05) is 6.07 Å². The number of rotatable bonds is 5. The molecular formula is C15H22N4. The average Bonchev–Trinajstić information content (AvgIpc) is 3.02. The number of aromatic amines is 1. The number of fused-ring (bicyclic) bond motifs is 1. The van der Waals surface area contributed by atoms with Gasteiger partial charge in [-0.05, 0) is 57.0 Å². The van der Waals surface area contributed by atoms with Crippen LogP contribution in [-0.2, 0) is 6.42 Å². The van der Waals surface area contributed by atoms with Crippen molar-refractivity contribution < 1.29 is 0 Å². The number of hydrogen-bond donors (Lipinski definition) is 3. The summed E-state index contributed by atoms with van der Waals surface area (Å²) in [5, 5.41) is 7.05. The van der Waals surface area contributed by atoms with E-state index in [1.807, 2.05) is 6.92 Å². The highest BCUT2D eigenvalue weighted by atomic mass is 15.0. The highest BCUT2D eigenvalue weighted by molar-refractivity contribution is 5.75. The lowest BCUT2D eigenvalue weighted by Gasteiger charge is -2.11. The Morgan fingerprint density at radius 2 is 2.37 bits per heavy atom. The first-order valence-corrected chi connectivity index (χ1v) is 7.20. The molecule has 4 heteroatoms. The smallest absolute Gasteiger partial charge is 0.104 e. The molecule has 2 heterocycles. The van der Waals surface area contributed by atoms with Crippen molar-refractivity contribution >= 4 is 11.0 Å². The quantitative estimate of drug-likeness (QED) is 0.716. The van der Waals surface area contributed by atoms with Gasteiger partial charge in [0.15, 0.2) is 0 Å². The number of nitrogens with one attached hydrogen (secondary N) is 3. The average molecular weight is 258 g/mol. The van der Waals surface area contributed by atoms with Crippen LogP contribution in [0.5, 0.6) is 0 Å². The van der Waals surface area contributed by atoms with Gasteiger partial charge < -0.3 is 15.6 Å². The number of aromatic nitrogens is 2. The van der Waals surface area contributed by atoms with E-state index in [1.54, 1.807) is 0 Å². The monoisotopic (exact) mass is 258 g/mol. The van der Waals surface area contributed by atoms with E-state index >= 15 is 0 Å². The molecule has 0 radical (unpaired) electrons. The van der Waals surface area contributed by atoms with E-state index in [2.05, 4.69) is 38.8 Å². The Morgan fingerprint density at radius 1 is 1.42 bits per heavy atom. The van der Waals surface area contributed by atoms with Crippen molar-refractivity contribution in [1.82, 2.24) is 20.6 Å². The number of aryl methyl sites for hydroxylation is 1. The Bertz CT molecular complexity index is 540. The third kappa shape index (κ3) is 3.14. The van der Waals surface area contributed by atoms with Crippen LogP contribution in [0.25, 0.3) is 11.0 Å². The largest absolute Gasteiger partial charge is 0.342 e. The molecule has 1 saturated heterocycles. The molecule has 0 bridgehead atoms. The van der Waals surface area contributed by atoms with Crippen LogP contribution in [0.1, 0.15) is 24.2 Å². The van der Waals surface area contributed by atoms with Gasteiger partial charge in [0, 0.05) is 12.6 Å². The van der Waals surface area contributed by atoms with Crippen LogP contribution in [-0.4, -0.2) is 35.6 Å². The molecule has 4 nitrogen and oxygen atoms in total. The highest BCUT2D eigenvalue weighted by Crippen LogP contribution is 2.13. The normalized spacial score (nSPS) is 19.3. The van der Waals surface area contributed by atoms with Crippen LogP contribution >= 0.6 is 0 Å². The van der Waals surface area contributed by atoms with Crippen LogP contribution in [0.15, 0.2) is 18.2 Å². The van der Waals surface area contributed by atoms with Gasteiger partial charge in [0.05, 0.1) is 11.0 Å². The molecule has 2 aromatic rings. The predicted molar refractivity (Wildman–Crippen MR) is 78.4 cm³/mol. The minimum atomic E-state index is 0.678. The second-order valence-corrected chi connectivity index (χ2v) is 5.42. The summed E-state index contributed by atoms with van der Waals surface area (Å²) >= 11 is 0. The summed E-state index contributed by atoms with van der Waals surface area (Å²) in [6.45, 7) is 5.31. The fraction of sp³-hybridized carbons (Fsp3) is 0.533. The van der Waals surface area contributed by atoms with Gasteiger partial charge in [-0.2, -0.15) is 0 Å². The molecule has 0 spiro atoms. The zero-order chi connectivity index (χ0) is 13.1. The van der Waals surface area contributed by atoms with E-state index in [1.165, 1.54) is 24.9 Å². The summed E-state index contributed by atoms with van der Waals surface area (Å²) in [4.78, 5) is 7.72. The maximum Gasteiger partial charge on any atom is 0.104 e. The molecule has 3 N–H and O–H groups in total. The summed E-state index contributed by atoms with van der Waals surface area (Å²) in [6, 6.07) is 7.17. The highest BCUT2D eigenvalue weighted by Gasteiger charge is 2.12. The Kier molecular flexibility index (Phi) is 3.80. The van der Waals surface area contributed by atoms with Crippen molar-refractivity contribution in [3.8, 4) is 0 Å². The fourth-order valence-corrected chi connectivity index (χ4v) is 2.78. The SMILES string of the molecule is Cc1nc2ccc(CCNCC3CCCN3)cc2[nH]1. The van der Waals surface area contributed by atoms with Crippen molar-refractivity contribution in [3.05, 3.63) is 29.6 Å². The molecule has 0 saturated carbocycles. The van der Waals surface area contributed by atoms with Crippen LogP contribution in [0, 0.1) is 6.92 Å². The van der Waals surface area contributed by atoms with Crippen molar-refractivity contribution in [2.75, 3.05) is 19.6 Å². The Morgan fingerprint density at radius 3 is 3.21 bits per heavy atom. The molecule has 1 aromatic heterocycles. The molecule has 0 aliphatic carbocycles. The van der Waals surface area contributed by atoms with Crippen LogP contribution < -0.4 is 10.6 Å². The lowest BCUT2D eigenvalue weighted by molar-refractivity contribution is 0.538. The van der Waals surface area contributed by atoms with Crippen molar-refractivity contribution in [2.45, 2.75) is 32.2 Å². The summed E-state index contributed by atoms with van der Waals surface area (Å²) in [5.74, 6) is 0.984. The van der Waals surface area contributed by atoms with E-state index in [0.717, 1.165) is 36.4 Å². The molecule has 102 valence electrons. The molecule has 1 unspecified atom stereocenters. The van der Waals surface area contributed by atoms with Gasteiger partial charge in [-0.15, -0.1) is 0 Å². The number of benzene rings is 1. The number of nitrogens with zero attached hydrogens (tertiary/aromatic N) is 1. The van der Waals surface area contributed by atoms with Crippen molar-refractivity contribution in [2.24, 2.45) is 0 Å². The lowest BCUT2D eigenvalue weighted by Crippen LogP contribution is -2.34. The molecule has 1 fully saturated rings. The van der Waals surface area contributed by atoms with Gasteiger partial charge in [0.1, 0.15) is 5.82 Å². The predicted octanol–water partition coefficient (Wildman–Crippen LogP) is 1.76. The molecule has 1 aromatic carbocycles. The second kappa shape index (κ2) is 5.72. The maximum absolute atomic E-state index is 4.42. The topological polar surface area (TPSA) is 52.7 Å². The van der Waals surface area contributed by atoms with E-state index < -0.39 is 0 Å². The van der Waals surface area contributed by atoms with Crippen molar-refractivity contribution in [3.63, 3.8) is 0 Å². The summed E-state index contributed by atoms with van der Waals surface area (Å²) in [5.41, 5.74) is 3.57. The minimum absolute atomic E-state index is 0.678. The van der Waals surface area contributed by atoms with Gasteiger partial charge >= 0.3 is 0 Å². The zero-order valence-corrected chi connectivity index (χ0v) is 11.5. The molecule has 1 aliphatic heterocycles. The second-order valence-electron chi connectivity index (χ2n) is 5.42. The Balaban J connectivity index is 1.50. The van der Waals surface area contributed by atoms with E-state index in [-0.39, 0.29) is 0 Å². The number of imidazole rings is 1.